The van der Waals surface area contributed by atoms with Gasteiger partial charge in [0.05, 0.1) is 15.1 Å². The van der Waals surface area contributed by atoms with Crippen LogP contribution >= 0.6 is 34.8 Å². The van der Waals surface area contributed by atoms with Crippen molar-refractivity contribution in [1.29, 1.82) is 0 Å². The quantitative estimate of drug-likeness (QED) is 0.585. The zero-order valence-electron chi connectivity index (χ0n) is 20.1. The number of hydroxylamine groups is 1. The molecule has 196 valence electrons. The molecular weight excluding hydrogens is 539 g/mol. The highest BCUT2D eigenvalue weighted by atomic mass is 35.5. The van der Waals surface area contributed by atoms with Crippen molar-refractivity contribution in [2.75, 3.05) is 44.2 Å². The molecule has 0 unspecified atom stereocenters. The van der Waals surface area contributed by atoms with Crippen LogP contribution in [0.15, 0.2) is 48.3 Å². The van der Waals surface area contributed by atoms with Crippen molar-refractivity contribution < 1.29 is 14.4 Å². The first-order valence-electron chi connectivity index (χ1n) is 12.1. The maximum Gasteiger partial charge on any atom is 0.317 e. The number of anilines is 1. The Morgan fingerprint density at radius 3 is 2.43 bits per heavy atom. The van der Waals surface area contributed by atoms with Gasteiger partial charge < -0.3 is 20.0 Å². The van der Waals surface area contributed by atoms with Gasteiger partial charge in [-0.3, -0.25) is 15.1 Å². The molecule has 1 spiro atoms. The minimum atomic E-state index is -0.602. The van der Waals surface area contributed by atoms with E-state index in [1.807, 2.05) is 18.2 Å². The maximum absolute atomic E-state index is 13.1. The molecule has 2 saturated heterocycles. The molecule has 2 fully saturated rings. The smallest absolute Gasteiger partial charge is 0.317 e. The van der Waals surface area contributed by atoms with Gasteiger partial charge in [-0.15, -0.1) is 0 Å². The summed E-state index contributed by atoms with van der Waals surface area (Å²) in [6.45, 7) is 3.79. The van der Waals surface area contributed by atoms with Gasteiger partial charge in [0, 0.05) is 64.9 Å². The van der Waals surface area contributed by atoms with E-state index in [1.165, 1.54) is 0 Å². The molecule has 12 heteroatoms. The highest BCUT2D eigenvalue weighted by molar-refractivity contribution is 6.42. The highest BCUT2D eigenvalue weighted by Gasteiger charge is 2.42. The van der Waals surface area contributed by atoms with Crippen molar-refractivity contribution >= 4 is 52.6 Å². The summed E-state index contributed by atoms with van der Waals surface area (Å²) in [5.41, 5.74) is 3.56. The SMILES string of the molecule is O=C(NCc1ccc(Cl)c(Cl)c1)N1CCC2(C=C(C(=O)N3CCN(c4ncccc4Cl)CC3)NO2)CC1. The third-order valence-electron chi connectivity index (χ3n) is 6.93. The minimum absolute atomic E-state index is 0.0922. The zero-order chi connectivity index (χ0) is 26.0. The van der Waals surface area contributed by atoms with Crippen molar-refractivity contribution in [1.82, 2.24) is 25.6 Å². The van der Waals surface area contributed by atoms with E-state index in [9.17, 15) is 9.59 Å². The minimum Gasteiger partial charge on any atom is -0.352 e. The Balaban J connectivity index is 1.11. The molecule has 0 bridgehead atoms. The standard InChI is InChI=1S/C25H27Cl3N6O3/c26-18-4-3-17(14-20(18)28)16-30-24(36)34-8-5-25(6-9-34)15-21(31-37-25)23(35)33-12-10-32(11-13-33)22-19(27)2-1-7-29-22/h1-4,7,14-15,31H,5-6,8-13,16H2,(H,30,36). The summed E-state index contributed by atoms with van der Waals surface area (Å²) in [5, 5.41) is 4.46. The topological polar surface area (TPSA) is 90.0 Å². The number of piperidine rings is 1. The van der Waals surface area contributed by atoms with Crippen LogP contribution in [0.25, 0.3) is 0 Å². The number of piperazine rings is 1. The van der Waals surface area contributed by atoms with Gasteiger partial charge in [-0.05, 0) is 35.9 Å². The van der Waals surface area contributed by atoms with Crippen molar-refractivity contribution in [2.45, 2.75) is 25.0 Å². The highest BCUT2D eigenvalue weighted by Crippen LogP contribution is 2.33. The fourth-order valence-electron chi connectivity index (χ4n) is 4.76. The molecule has 9 nitrogen and oxygen atoms in total. The third-order valence-corrected chi connectivity index (χ3v) is 7.97. The van der Waals surface area contributed by atoms with Crippen molar-refractivity contribution in [3.05, 3.63) is 68.9 Å². The fraction of sp³-hybridized carbons (Fsp3) is 0.400. The number of hydrogen-bond donors (Lipinski definition) is 2. The van der Waals surface area contributed by atoms with Crippen LogP contribution in [0.4, 0.5) is 10.6 Å². The molecule has 2 aromatic rings. The number of pyridine rings is 1. The van der Waals surface area contributed by atoms with Gasteiger partial charge >= 0.3 is 6.03 Å². The Kier molecular flexibility index (Phi) is 7.67. The Morgan fingerprint density at radius 2 is 1.73 bits per heavy atom. The lowest BCUT2D eigenvalue weighted by molar-refractivity contribution is -0.129. The Bertz CT molecular complexity index is 1210. The first-order chi connectivity index (χ1) is 17.8. The van der Waals surface area contributed by atoms with Gasteiger partial charge in [-0.1, -0.05) is 40.9 Å². The molecule has 1 aromatic heterocycles. The molecule has 1 aromatic carbocycles. The van der Waals surface area contributed by atoms with E-state index in [-0.39, 0.29) is 11.9 Å². The van der Waals surface area contributed by atoms with E-state index in [0.29, 0.717) is 79.4 Å². The van der Waals surface area contributed by atoms with E-state index < -0.39 is 5.60 Å². The van der Waals surface area contributed by atoms with Crippen LogP contribution in [0, 0.1) is 0 Å². The molecule has 5 rings (SSSR count). The average Bonchev–Trinajstić information content (AvgIpc) is 3.33. The first kappa shape index (κ1) is 25.9. The van der Waals surface area contributed by atoms with Crippen LogP contribution in [0.2, 0.25) is 15.1 Å². The van der Waals surface area contributed by atoms with E-state index >= 15 is 0 Å². The van der Waals surface area contributed by atoms with Crippen LogP contribution in [-0.2, 0) is 16.2 Å². The number of likely N-dealkylation sites (tertiary alicyclic amines) is 1. The van der Waals surface area contributed by atoms with E-state index in [4.69, 9.17) is 39.6 Å². The second-order valence-corrected chi connectivity index (χ2v) is 10.5. The van der Waals surface area contributed by atoms with Crippen molar-refractivity contribution in [3.63, 3.8) is 0 Å². The van der Waals surface area contributed by atoms with Gasteiger partial charge in [-0.25, -0.2) is 9.78 Å². The molecule has 0 radical (unpaired) electrons. The summed E-state index contributed by atoms with van der Waals surface area (Å²) in [6, 6.07) is 8.74. The van der Waals surface area contributed by atoms with Gasteiger partial charge in [0.25, 0.3) is 5.91 Å². The number of rotatable bonds is 4. The van der Waals surface area contributed by atoms with Crippen LogP contribution in [-0.4, -0.2) is 71.6 Å². The van der Waals surface area contributed by atoms with E-state index in [1.54, 1.807) is 34.2 Å². The van der Waals surface area contributed by atoms with Gasteiger partial charge in [0.2, 0.25) is 0 Å². The second kappa shape index (κ2) is 10.9. The van der Waals surface area contributed by atoms with Crippen LogP contribution in [0.1, 0.15) is 18.4 Å². The van der Waals surface area contributed by atoms with Gasteiger partial charge in [-0.2, -0.15) is 0 Å². The normalized spacial score (nSPS) is 19.0. The number of nitrogens with zero attached hydrogens (tertiary/aromatic N) is 4. The molecular formula is C25H27Cl3N6O3. The number of aromatic nitrogens is 1. The monoisotopic (exact) mass is 564 g/mol. The predicted octanol–water partition coefficient (Wildman–Crippen LogP) is 3.85. The first-order valence-corrected chi connectivity index (χ1v) is 13.3. The number of amides is 3. The fourth-order valence-corrected chi connectivity index (χ4v) is 5.32. The molecule has 3 aliphatic heterocycles. The summed E-state index contributed by atoms with van der Waals surface area (Å²) in [4.78, 5) is 41.7. The second-order valence-electron chi connectivity index (χ2n) is 9.31. The van der Waals surface area contributed by atoms with Gasteiger partial charge in [0.15, 0.2) is 0 Å². The Morgan fingerprint density at radius 1 is 0.973 bits per heavy atom. The molecule has 3 amide bonds. The number of nitrogens with one attached hydrogen (secondary N) is 2. The Labute approximate surface area is 230 Å². The van der Waals surface area contributed by atoms with E-state index in [0.717, 1.165) is 11.4 Å². The molecule has 0 saturated carbocycles. The van der Waals surface area contributed by atoms with E-state index in [2.05, 4.69) is 20.7 Å². The lowest BCUT2D eigenvalue weighted by Gasteiger charge is -2.36. The molecule has 0 aliphatic carbocycles. The molecule has 37 heavy (non-hydrogen) atoms. The largest absolute Gasteiger partial charge is 0.352 e. The lowest BCUT2D eigenvalue weighted by Crippen LogP contribution is -2.50. The van der Waals surface area contributed by atoms with Gasteiger partial charge in [0.1, 0.15) is 17.1 Å². The summed E-state index contributed by atoms with van der Waals surface area (Å²) in [6.07, 6.45) is 4.77. The number of benzene rings is 1. The number of urea groups is 1. The number of carbonyl (C=O) groups excluding carboxylic acids is 2. The maximum atomic E-state index is 13.1. The van der Waals surface area contributed by atoms with Crippen molar-refractivity contribution in [2.24, 2.45) is 0 Å². The lowest BCUT2D eigenvalue weighted by atomic mass is 9.91. The molecule has 2 N–H and O–H groups in total. The zero-order valence-corrected chi connectivity index (χ0v) is 22.3. The molecule has 4 heterocycles. The number of halogens is 3. The number of carbonyl (C=O) groups is 2. The Hall–Kier alpha value is -2.72. The predicted molar refractivity (Wildman–Crippen MR) is 143 cm³/mol. The van der Waals surface area contributed by atoms with Crippen LogP contribution in [0.3, 0.4) is 0 Å². The summed E-state index contributed by atoms with van der Waals surface area (Å²) >= 11 is 18.3. The summed E-state index contributed by atoms with van der Waals surface area (Å²) in [7, 11) is 0. The molecule has 3 aliphatic rings. The molecule has 0 atom stereocenters. The van der Waals surface area contributed by atoms with Crippen LogP contribution in [0.5, 0.6) is 0 Å². The summed E-state index contributed by atoms with van der Waals surface area (Å²) < 4.78 is 0. The van der Waals surface area contributed by atoms with Crippen LogP contribution < -0.4 is 15.7 Å². The summed E-state index contributed by atoms with van der Waals surface area (Å²) in [5.74, 6) is 0.648. The average molecular weight is 566 g/mol. The number of hydrogen-bond acceptors (Lipinski definition) is 6. The third kappa shape index (κ3) is 5.75. The van der Waals surface area contributed by atoms with Crippen molar-refractivity contribution in [3.8, 4) is 0 Å².